The third-order valence-corrected chi connectivity index (χ3v) is 2.15. The van der Waals surface area contributed by atoms with Crippen LogP contribution >= 0.6 is 0 Å². The topological polar surface area (TPSA) is 79.6 Å². The second-order valence-electron chi connectivity index (χ2n) is 3.45. The fraction of sp³-hybridized carbons (Fsp3) is 0.333. The first kappa shape index (κ1) is 14.7. The fourth-order valence-electron chi connectivity index (χ4n) is 1.46. The molecule has 0 aliphatic heterocycles. The predicted molar refractivity (Wildman–Crippen MR) is 59.8 cm³/mol. The number of nitriles is 1. The van der Waals surface area contributed by atoms with Crippen molar-refractivity contribution in [3.63, 3.8) is 0 Å². The lowest BCUT2D eigenvalue weighted by atomic mass is 10.0. The van der Waals surface area contributed by atoms with E-state index < -0.39 is 18.3 Å². The van der Waals surface area contributed by atoms with Gasteiger partial charge in [0.15, 0.2) is 0 Å². The molecule has 1 rings (SSSR count). The van der Waals surface area contributed by atoms with Crippen molar-refractivity contribution in [1.29, 1.82) is 5.26 Å². The minimum Gasteiger partial charge on any atom is -0.506 e. The van der Waals surface area contributed by atoms with Crippen molar-refractivity contribution in [2.75, 3.05) is 6.61 Å². The maximum atomic E-state index is 12.1. The van der Waals surface area contributed by atoms with Crippen molar-refractivity contribution in [2.45, 2.75) is 20.0 Å². The molecule has 0 radical (unpaired) electrons. The van der Waals surface area contributed by atoms with Crippen molar-refractivity contribution in [3.05, 3.63) is 23.3 Å². The van der Waals surface area contributed by atoms with E-state index in [9.17, 15) is 18.7 Å². The molecule has 5 nitrogen and oxygen atoms in total. The van der Waals surface area contributed by atoms with Crippen LogP contribution in [0.5, 0.6) is 11.5 Å². The van der Waals surface area contributed by atoms with Crippen molar-refractivity contribution >= 4 is 5.97 Å². The van der Waals surface area contributed by atoms with Gasteiger partial charge in [-0.3, -0.25) is 4.79 Å². The molecule has 1 aromatic carbocycles. The van der Waals surface area contributed by atoms with Gasteiger partial charge in [-0.25, -0.2) is 0 Å². The molecule has 0 aliphatic rings. The Morgan fingerprint density at radius 1 is 1.53 bits per heavy atom. The molecule has 0 amide bonds. The van der Waals surface area contributed by atoms with E-state index in [4.69, 9.17) is 5.26 Å². The third-order valence-electron chi connectivity index (χ3n) is 2.15. The zero-order chi connectivity index (χ0) is 14.4. The molecule has 19 heavy (non-hydrogen) atoms. The molecule has 0 aliphatic carbocycles. The Labute approximate surface area is 108 Å². The highest BCUT2D eigenvalue weighted by Crippen LogP contribution is 2.28. The Bertz CT molecular complexity index is 511. The quantitative estimate of drug-likeness (QED) is 0.828. The van der Waals surface area contributed by atoms with E-state index in [1.807, 2.05) is 0 Å². The Morgan fingerprint density at radius 3 is 2.74 bits per heavy atom. The fourth-order valence-corrected chi connectivity index (χ4v) is 1.46. The van der Waals surface area contributed by atoms with Crippen molar-refractivity contribution in [2.24, 2.45) is 0 Å². The lowest BCUT2D eigenvalue weighted by Gasteiger charge is -2.10. The van der Waals surface area contributed by atoms with Crippen molar-refractivity contribution in [1.82, 2.24) is 0 Å². The summed E-state index contributed by atoms with van der Waals surface area (Å²) in [7, 11) is 0. The predicted octanol–water partition coefficient (Wildman–Crippen LogP) is 1.97. The summed E-state index contributed by atoms with van der Waals surface area (Å²) in [4.78, 5) is 11.3. The van der Waals surface area contributed by atoms with E-state index in [-0.39, 0.29) is 29.9 Å². The molecule has 7 heteroatoms. The molecule has 1 aromatic rings. The number of halogens is 2. The van der Waals surface area contributed by atoms with Crippen LogP contribution < -0.4 is 4.74 Å². The van der Waals surface area contributed by atoms with Gasteiger partial charge >= 0.3 is 12.6 Å². The molecule has 0 atom stereocenters. The first-order chi connectivity index (χ1) is 8.97. The average Bonchev–Trinajstić information content (AvgIpc) is 2.27. The molecular weight excluding hydrogens is 260 g/mol. The van der Waals surface area contributed by atoms with E-state index in [0.29, 0.717) is 0 Å². The number of phenolic OH excluding ortho intramolecular Hbond substituents is 1. The molecule has 0 saturated carbocycles. The van der Waals surface area contributed by atoms with Gasteiger partial charge in [-0.2, -0.15) is 14.0 Å². The number of hydrogen-bond donors (Lipinski definition) is 1. The van der Waals surface area contributed by atoms with E-state index >= 15 is 0 Å². The monoisotopic (exact) mass is 271 g/mol. The lowest BCUT2D eigenvalue weighted by molar-refractivity contribution is -0.142. The molecule has 1 N–H and O–H groups in total. The standard InChI is InChI=1S/C12H11F2NO4/c1-2-18-11(17)4-7-3-8(19-12(13)14)5-10(16)9(7)6-15/h3,5,12,16H,2,4H2,1H3. The molecule has 0 aromatic heterocycles. The molecule has 0 bridgehead atoms. The first-order valence-electron chi connectivity index (χ1n) is 5.34. The van der Waals surface area contributed by atoms with Crippen LogP contribution in [0.4, 0.5) is 8.78 Å². The lowest BCUT2D eigenvalue weighted by Crippen LogP contribution is -2.09. The number of phenols is 1. The SMILES string of the molecule is CCOC(=O)Cc1cc(OC(F)F)cc(O)c1C#N. The van der Waals surface area contributed by atoms with Gasteiger partial charge in [0.1, 0.15) is 17.6 Å². The molecule has 0 fully saturated rings. The summed E-state index contributed by atoms with van der Waals surface area (Å²) in [5.74, 6) is -1.49. The number of esters is 1. The van der Waals surface area contributed by atoms with Crippen LogP contribution in [0.25, 0.3) is 0 Å². The Balaban J connectivity index is 3.08. The van der Waals surface area contributed by atoms with Crippen molar-refractivity contribution in [3.8, 4) is 17.6 Å². The largest absolute Gasteiger partial charge is 0.506 e. The number of alkyl halides is 2. The summed E-state index contributed by atoms with van der Waals surface area (Å²) in [6.45, 7) is -1.31. The molecule has 0 spiro atoms. The van der Waals surface area contributed by atoms with E-state index in [1.165, 1.54) is 0 Å². The van der Waals surface area contributed by atoms with Crippen LogP contribution in [-0.4, -0.2) is 24.3 Å². The molecule has 0 saturated heterocycles. The number of aromatic hydroxyl groups is 1. The van der Waals surface area contributed by atoms with Crippen molar-refractivity contribution < 1.29 is 28.2 Å². The van der Waals surface area contributed by atoms with Gasteiger partial charge in [-0.05, 0) is 18.6 Å². The number of nitrogens with zero attached hydrogens (tertiary/aromatic N) is 1. The molecule has 0 heterocycles. The summed E-state index contributed by atoms with van der Waals surface area (Å²) in [6.07, 6.45) is -0.315. The van der Waals surface area contributed by atoms with Crippen LogP contribution in [0.1, 0.15) is 18.1 Å². The second kappa shape index (κ2) is 6.54. The number of hydrogen-bond acceptors (Lipinski definition) is 5. The number of carbonyl (C=O) groups excluding carboxylic acids is 1. The number of ether oxygens (including phenoxy) is 2. The van der Waals surface area contributed by atoms with Gasteiger partial charge in [-0.1, -0.05) is 0 Å². The molecule has 102 valence electrons. The Morgan fingerprint density at radius 2 is 2.21 bits per heavy atom. The van der Waals surface area contributed by atoms with Crippen LogP contribution in [-0.2, 0) is 16.0 Å². The van der Waals surface area contributed by atoms with E-state index in [1.54, 1.807) is 13.0 Å². The summed E-state index contributed by atoms with van der Waals surface area (Å²) in [6, 6.07) is 3.68. The second-order valence-corrected chi connectivity index (χ2v) is 3.45. The van der Waals surface area contributed by atoms with Gasteiger partial charge in [0, 0.05) is 6.07 Å². The average molecular weight is 271 g/mol. The van der Waals surface area contributed by atoms with Crippen LogP contribution in [0.2, 0.25) is 0 Å². The highest BCUT2D eigenvalue weighted by molar-refractivity contribution is 5.74. The van der Waals surface area contributed by atoms with Gasteiger partial charge < -0.3 is 14.6 Å². The third kappa shape index (κ3) is 4.10. The summed E-state index contributed by atoms with van der Waals surface area (Å²) in [5, 5.41) is 18.4. The zero-order valence-electron chi connectivity index (χ0n) is 10.0. The van der Waals surface area contributed by atoms with Gasteiger partial charge in [0.05, 0.1) is 18.6 Å². The minimum atomic E-state index is -3.07. The highest BCUT2D eigenvalue weighted by atomic mass is 19.3. The van der Waals surface area contributed by atoms with Crippen LogP contribution in [0.3, 0.4) is 0 Å². The normalized spacial score (nSPS) is 10.1. The maximum Gasteiger partial charge on any atom is 0.387 e. The zero-order valence-corrected chi connectivity index (χ0v) is 10.0. The molecular formula is C12H11F2NO4. The number of rotatable bonds is 5. The molecule has 0 unspecified atom stereocenters. The highest BCUT2D eigenvalue weighted by Gasteiger charge is 2.16. The van der Waals surface area contributed by atoms with E-state index in [2.05, 4.69) is 9.47 Å². The number of benzene rings is 1. The Hall–Kier alpha value is -2.36. The van der Waals surface area contributed by atoms with E-state index in [0.717, 1.165) is 12.1 Å². The Kier molecular flexibility index (Phi) is 5.06. The number of carbonyl (C=O) groups is 1. The van der Waals surface area contributed by atoms with Crippen LogP contribution in [0.15, 0.2) is 12.1 Å². The summed E-state index contributed by atoms with van der Waals surface area (Å²) in [5.41, 5.74) is -0.105. The smallest absolute Gasteiger partial charge is 0.387 e. The summed E-state index contributed by atoms with van der Waals surface area (Å²) >= 11 is 0. The first-order valence-corrected chi connectivity index (χ1v) is 5.34. The van der Waals surface area contributed by atoms with Crippen LogP contribution in [0, 0.1) is 11.3 Å². The minimum absolute atomic E-state index is 0.0663. The van der Waals surface area contributed by atoms with Gasteiger partial charge in [-0.15, -0.1) is 0 Å². The summed E-state index contributed by atoms with van der Waals surface area (Å²) < 4.78 is 33.0. The maximum absolute atomic E-state index is 12.1. The van der Waals surface area contributed by atoms with Gasteiger partial charge in [0.25, 0.3) is 0 Å². The van der Waals surface area contributed by atoms with Gasteiger partial charge in [0.2, 0.25) is 0 Å².